The van der Waals surface area contributed by atoms with Gasteiger partial charge in [-0.3, -0.25) is 9.00 Å². The lowest BCUT2D eigenvalue weighted by molar-refractivity contribution is 0.0861. The molecule has 3 rings (SSSR count). The average molecular weight is 374 g/mol. The molecular formula is C21H27NO3S. The number of aryl methyl sites for hydroxylation is 1. The molecule has 0 radical (unpaired) electrons. The maximum Gasteiger partial charge on any atom is 0.287 e. The molecule has 1 aliphatic carbocycles. The molecule has 1 heterocycles. The minimum atomic E-state index is -1.18. The van der Waals surface area contributed by atoms with E-state index in [1.54, 1.807) is 12.1 Å². The van der Waals surface area contributed by atoms with Gasteiger partial charge in [-0.1, -0.05) is 44.4 Å². The molecule has 5 heteroatoms. The number of benzene rings is 1. The normalized spacial score (nSPS) is 24.2. The van der Waals surface area contributed by atoms with Crippen molar-refractivity contribution in [3.05, 3.63) is 53.5 Å². The van der Waals surface area contributed by atoms with Gasteiger partial charge in [-0.2, -0.15) is 0 Å². The van der Waals surface area contributed by atoms with E-state index in [0.29, 0.717) is 23.4 Å². The van der Waals surface area contributed by atoms with Crippen molar-refractivity contribution in [2.24, 2.45) is 11.8 Å². The first-order valence-corrected chi connectivity index (χ1v) is 10.6. The summed E-state index contributed by atoms with van der Waals surface area (Å²) in [7, 11) is -1.18. The fraction of sp³-hybridized carbons (Fsp3) is 0.476. The second-order valence-electron chi connectivity index (χ2n) is 7.42. The number of hydrogen-bond acceptors (Lipinski definition) is 3. The minimum Gasteiger partial charge on any atom is -0.455 e. The van der Waals surface area contributed by atoms with Crippen molar-refractivity contribution in [3.63, 3.8) is 0 Å². The second-order valence-corrected chi connectivity index (χ2v) is 8.87. The number of furan rings is 1. The molecule has 0 spiro atoms. The molecule has 0 saturated heterocycles. The van der Waals surface area contributed by atoms with Crippen LogP contribution in [-0.4, -0.2) is 16.2 Å². The molecule has 0 bridgehead atoms. The second kappa shape index (κ2) is 8.21. The van der Waals surface area contributed by atoms with E-state index in [1.807, 2.05) is 31.2 Å². The van der Waals surface area contributed by atoms with Crippen LogP contribution in [0.25, 0.3) is 0 Å². The van der Waals surface area contributed by atoms with Crippen molar-refractivity contribution in [3.8, 4) is 0 Å². The van der Waals surface area contributed by atoms with Gasteiger partial charge in [0.1, 0.15) is 5.76 Å². The number of amides is 1. The van der Waals surface area contributed by atoms with Crippen molar-refractivity contribution in [2.75, 3.05) is 0 Å². The summed E-state index contributed by atoms with van der Waals surface area (Å²) in [4.78, 5) is 13.3. The summed E-state index contributed by atoms with van der Waals surface area (Å²) in [5.74, 6) is 2.05. The fourth-order valence-electron chi connectivity index (χ4n) is 3.51. The summed E-state index contributed by atoms with van der Waals surface area (Å²) in [6.07, 6.45) is 3.39. The first-order valence-electron chi connectivity index (χ1n) is 9.28. The van der Waals surface area contributed by atoms with Crippen molar-refractivity contribution < 1.29 is 13.4 Å². The van der Waals surface area contributed by atoms with E-state index in [4.69, 9.17) is 4.42 Å². The van der Waals surface area contributed by atoms with E-state index in [1.165, 1.54) is 6.42 Å². The van der Waals surface area contributed by atoms with Crippen LogP contribution < -0.4 is 5.32 Å². The van der Waals surface area contributed by atoms with Crippen molar-refractivity contribution in [2.45, 2.75) is 56.7 Å². The Hall–Kier alpha value is -1.88. The van der Waals surface area contributed by atoms with Gasteiger partial charge in [-0.25, -0.2) is 0 Å². The molecule has 0 unspecified atom stereocenters. The van der Waals surface area contributed by atoms with Crippen LogP contribution in [0.2, 0.25) is 0 Å². The van der Waals surface area contributed by atoms with Gasteiger partial charge in [0.15, 0.2) is 5.76 Å². The van der Waals surface area contributed by atoms with Crippen molar-refractivity contribution >= 4 is 16.7 Å². The lowest BCUT2D eigenvalue weighted by Crippen LogP contribution is -2.43. The standard InChI is InChI=1S/C21H27NO3S/c1-14-7-10-18(11-8-14)26(24)13-17-9-12-20(25-17)21(23)22-19-6-4-5-15(2)16(19)3/h7-12,15-16,19H,4-6,13H2,1-3H3,(H,22,23)/t15-,16-,19+,26-/m0/s1. The fourth-order valence-corrected chi connectivity index (χ4v) is 4.53. The zero-order chi connectivity index (χ0) is 18.7. The molecule has 1 amide bonds. The number of carbonyl (C=O) groups excluding carboxylic acids is 1. The smallest absolute Gasteiger partial charge is 0.287 e. The van der Waals surface area contributed by atoms with Crippen LogP contribution in [0, 0.1) is 18.8 Å². The van der Waals surface area contributed by atoms with Gasteiger partial charge < -0.3 is 9.73 Å². The Kier molecular flexibility index (Phi) is 5.97. The third kappa shape index (κ3) is 4.44. The van der Waals surface area contributed by atoms with Crippen LogP contribution in [0.5, 0.6) is 0 Å². The van der Waals surface area contributed by atoms with Gasteiger partial charge >= 0.3 is 0 Å². The molecule has 0 aliphatic heterocycles. The van der Waals surface area contributed by atoms with E-state index in [-0.39, 0.29) is 17.7 Å². The summed E-state index contributed by atoms with van der Waals surface area (Å²) in [5, 5.41) is 3.11. The highest BCUT2D eigenvalue weighted by molar-refractivity contribution is 7.84. The van der Waals surface area contributed by atoms with Crippen LogP contribution in [0.1, 0.15) is 55.0 Å². The Morgan fingerprint density at radius 1 is 1.15 bits per heavy atom. The summed E-state index contributed by atoms with van der Waals surface area (Å²) in [6, 6.07) is 11.2. The third-order valence-electron chi connectivity index (χ3n) is 5.47. The lowest BCUT2D eigenvalue weighted by Gasteiger charge is -2.34. The first kappa shape index (κ1) is 18.9. The molecule has 4 nitrogen and oxygen atoms in total. The highest BCUT2D eigenvalue weighted by Gasteiger charge is 2.29. The average Bonchev–Trinajstić information content (AvgIpc) is 3.08. The third-order valence-corrected chi connectivity index (χ3v) is 6.81. The van der Waals surface area contributed by atoms with Crippen LogP contribution in [0.4, 0.5) is 0 Å². The van der Waals surface area contributed by atoms with Crippen LogP contribution in [-0.2, 0) is 16.6 Å². The van der Waals surface area contributed by atoms with Crippen molar-refractivity contribution in [1.29, 1.82) is 0 Å². The van der Waals surface area contributed by atoms with Gasteiger partial charge in [0.05, 0.1) is 16.6 Å². The van der Waals surface area contributed by atoms with E-state index < -0.39 is 10.8 Å². The first-order chi connectivity index (χ1) is 12.4. The van der Waals surface area contributed by atoms with E-state index in [0.717, 1.165) is 23.3 Å². The highest BCUT2D eigenvalue weighted by atomic mass is 32.2. The Bertz CT molecular complexity index is 781. The Morgan fingerprint density at radius 3 is 2.62 bits per heavy atom. The number of carbonyl (C=O) groups is 1. The molecule has 1 aliphatic rings. The predicted molar refractivity (Wildman–Crippen MR) is 103 cm³/mol. The highest BCUT2D eigenvalue weighted by Crippen LogP contribution is 2.29. The maximum atomic E-state index is 12.5. The van der Waals surface area contributed by atoms with E-state index in [9.17, 15) is 9.00 Å². The topological polar surface area (TPSA) is 59.3 Å². The lowest BCUT2D eigenvalue weighted by atomic mass is 9.78. The molecule has 1 aromatic heterocycles. The van der Waals surface area contributed by atoms with Gasteiger partial charge in [-0.15, -0.1) is 0 Å². The van der Waals surface area contributed by atoms with Crippen LogP contribution >= 0.6 is 0 Å². The number of hydrogen-bond donors (Lipinski definition) is 1. The largest absolute Gasteiger partial charge is 0.455 e. The molecule has 1 N–H and O–H groups in total. The number of rotatable bonds is 5. The zero-order valence-electron chi connectivity index (χ0n) is 15.7. The van der Waals surface area contributed by atoms with E-state index in [2.05, 4.69) is 19.2 Å². The minimum absolute atomic E-state index is 0.177. The Balaban J connectivity index is 1.61. The zero-order valence-corrected chi connectivity index (χ0v) is 16.5. The molecular weight excluding hydrogens is 346 g/mol. The summed E-state index contributed by atoms with van der Waals surface area (Å²) < 4.78 is 18.1. The van der Waals surface area contributed by atoms with E-state index >= 15 is 0 Å². The quantitative estimate of drug-likeness (QED) is 0.842. The molecule has 4 atom stereocenters. The van der Waals surface area contributed by atoms with Gasteiger partial charge in [0.25, 0.3) is 5.91 Å². The summed E-state index contributed by atoms with van der Waals surface area (Å²) in [5.41, 5.74) is 1.13. The Morgan fingerprint density at radius 2 is 1.88 bits per heavy atom. The van der Waals surface area contributed by atoms with Gasteiger partial charge in [-0.05, 0) is 49.4 Å². The number of nitrogens with one attached hydrogen (secondary N) is 1. The summed E-state index contributed by atoms with van der Waals surface area (Å²) in [6.45, 7) is 6.44. The molecule has 140 valence electrons. The maximum absolute atomic E-state index is 12.5. The van der Waals surface area contributed by atoms with Gasteiger partial charge in [0, 0.05) is 10.9 Å². The molecule has 1 fully saturated rings. The summed E-state index contributed by atoms with van der Waals surface area (Å²) >= 11 is 0. The molecule has 1 saturated carbocycles. The molecule has 1 aromatic carbocycles. The molecule has 26 heavy (non-hydrogen) atoms. The van der Waals surface area contributed by atoms with Crippen molar-refractivity contribution in [1.82, 2.24) is 5.32 Å². The van der Waals surface area contributed by atoms with Gasteiger partial charge in [0.2, 0.25) is 0 Å². The SMILES string of the molecule is Cc1ccc([S@@](=O)Cc2ccc(C(=O)N[C@@H]3CCC[C@H](C)[C@@H]3C)o2)cc1. The Labute approximate surface area is 157 Å². The molecule has 2 aromatic rings. The van der Waals surface area contributed by atoms with Crippen LogP contribution in [0.15, 0.2) is 45.7 Å². The van der Waals surface area contributed by atoms with Crippen LogP contribution in [0.3, 0.4) is 0 Å². The monoisotopic (exact) mass is 373 g/mol. The predicted octanol–water partition coefficient (Wildman–Crippen LogP) is 4.45.